The van der Waals surface area contributed by atoms with Crippen LogP contribution in [-0.2, 0) is 16.4 Å². The van der Waals surface area contributed by atoms with Crippen LogP contribution >= 0.6 is 0 Å². The Morgan fingerprint density at radius 2 is 1.68 bits per heavy atom. The molecule has 170 valence electrons. The van der Waals surface area contributed by atoms with Gasteiger partial charge in [-0.3, -0.25) is 4.79 Å². The number of sulfonamides is 1. The molecule has 0 heterocycles. The van der Waals surface area contributed by atoms with Gasteiger partial charge in [0.25, 0.3) is 5.91 Å². The second kappa shape index (κ2) is 10.2. The predicted octanol–water partition coefficient (Wildman–Crippen LogP) is 3.53. The molecule has 31 heavy (non-hydrogen) atoms. The van der Waals surface area contributed by atoms with Gasteiger partial charge >= 0.3 is 0 Å². The zero-order valence-electron chi connectivity index (χ0n) is 19.0. The lowest BCUT2D eigenvalue weighted by molar-refractivity contribution is 0.0938. The van der Waals surface area contributed by atoms with E-state index in [9.17, 15) is 13.2 Å². The van der Waals surface area contributed by atoms with Crippen LogP contribution in [0.15, 0.2) is 47.4 Å². The van der Waals surface area contributed by atoms with Crippen molar-refractivity contribution >= 4 is 15.9 Å². The third-order valence-electron chi connectivity index (χ3n) is 4.56. The van der Waals surface area contributed by atoms with Gasteiger partial charge in [0.1, 0.15) is 16.4 Å². The van der Waals surface area contributed by atoms with E-state index < -0.39 is 15.6 Å². The molecule has 0 saturated carbocycles. The fraction of sp³-hybridized carbons (Fsp3) is 0.435. The standard InChI is InChI=1S/C23H32N2O5S/c1-16(7-8-17-9-12-19(29-5)13-10-17)24-22(26)18-11-14-20(30-6)21(15-18)31(27,28)25-23(2,3)4/h9-16,25H,7-8H2,1-6H3,(H,24,26). The van der Waals surface area contributed by atoms with Crippen molar-refractivity contribution in [2.24, 2.45) is 0 Å². The maximum absolute atomic E-state index is 12.8. The highest BCUT2D eigenvalue weighted by Gasteiger charge is 2.26. The number of amides is 1. The number of hydrogen-bond acceptors (Lipinski definition) is 5. The molecule has 8 heteroatoms. The molecule has 0 aromatic heterocycles. The van der Waals surface area contributed by atoms with Crippen LogP contribution < -0.4 is 19.5 Å². The average molecular weight is 449 g/mol. The minimum atomic E-state index is -3.86. The van der Waals surface area contributed by atoms with Gasteiger partial charge in [0.2, 0.25) is 10.0 Å². The smallest absolute Gasteiger partial charge is 0.251 e. The zero-order chi connectivity index (χ0) is 23.2. The maximum atomic E-state index is 12.8. The molecule has 0 radical (unpaired) electrons. The van der Waals surface area contributed by atoms with Gasteiger partial charge in [-0.2, -0.15) is 0 Å². The van der Waals surface area contributed by atoms with Gasteiger partial charge in [0.15, 0.2) is 0 Å². The molecule has 0 aliphatic rings. The third kappa shape index (κ3) is 7.25. The van der Waals surface area contributed by atoms with Crippen LogP contribution in [0.1, 0.15) is 50.0 Å². The average Bonchev–Trinajstić information content (AvgIpc) is 2.70. The van der Waals surface area contributed by atoms with Crippen LogP contribution in [0.2, 0.25) is 0 Å². The number of methoxy groups -OCH3 is 2. The molecule has 0 saturated heterocycles. The molecule has 0 bridgehead atoms. The van der Waals surface area contributed by atoms with Crippen LogP contribution in [-0.4, -0.2) is 40.1 Å². The molecule has 0 spiro atoms. The minimum Gasteiger partial charge on any atom is -0.497 e. The van der Waals surface area contributed by atoms with E-state index in [1.807, 2.05) is 31.2 Å². The van der Waals surface area contributed by atoms with E-state index in [1.54, 1.807) is 33.9 Å². The Morgan fingerprint density at radius 3 is 2.23 bits per heavy atom. The second-order valence-electron chi connectivity index (χ2n) is 8.48. The third-order valence-corrected chi connectivity index (χ3v) is 6.34. The Bertz CT molecular complexity index is 996. The van der Waals surface area contributed by atoms with Crippen LogP contribution in [0.25, 0.3) is 0 Å². The molecule has 2 rings (SSSR count). The van der Waals surface area contributed by atoms with Gasteiger partial charge in [0.05, 0.1) is 14.2 Å². The van der Waals surface area contributed by atoms with Crippen molar-refractivity contribution in [3.63, 3.8) is 0 Å². The van der Waals surface area contributed by atoms with Crippen molar-refractivity contribution in [1.82, 2.24) is 10.0 Å². The number of hydrogen-bond donors (Lipinski definition) is 2. The molecular formula is C23H32N2O5S. The number of rotatable bonds is 9. The SMILES string of the molecule is COc1ccc(CCC(C)NC(=O)c2ccc(OC)c(S(=O)(=O)NC(C)(C)C)c2)cc1. The summed E-state index contributed by atoms with van der Waals surface area (Å²) in [5, 5.41) is 2.93. The predicted molar refractivity (Wildman–Crippen MR) is 121 cm³/mol. The van der Waals surface area contributed by atoms with Crippen molar-refractivity contribution in [1.29, 1.82) is 0 Å². The van der Waals surface area contributed by atoms with Gasteiger partial charge in [-0.05, 0) is 76.4 Å². The summed E-state index contributed by atoms with van der Waals surface area (Å²) in [6.45, 7) is 7.16. The first-order valence-electron chi connectivity index (χ1n) is 10.1. The van der Waals surface area contributed by atoms with Crippen molar-refractivity contribution in [3.8, 4) is 11.5 Å². The van der Waals surface area contributed by atoms with Crippen LogP contribution in [0, 0.1) is 0 Å². The topological polar surface area (TPSA) is 93.7 Å². The molecule has 2 aromatic carbocycles. The Kier molecular flexibility index (Phi) is 8.08. The highest BCUT2D eigenvalue weighted by atomic mass is 32.2. The van der Waals surface area contributed by atoms with E-state index in [0.29, 0.717) is 0 Å². The zero-order valence-corrected chi connectivity index (χ0v) is 19.8. The van der Waals surface area contributed by atoms with Crippen LogP contribution in [0.4, 0.5) is 0 Å². The van der Waals surface area contributed by atoms with Crippen molar-refractivity contribution < 1.29 is 22.7 Å². The number of carbonyl (C=O) groups excluding carboxylic acids is 1. The summed E-state index contributed by atoms with van der Waals surface area (Å²) in [7, 11) is -0.841. The van der Waals surface area contributed by atoms with Gasteiger partial charge in [-0.15, -0.1) is 0 Å². The number of aryl methyl sites for hydroxylation is 1. The number of benzene rings is 2. The number of ether oxygens (including phenoxy) is 2. The summed E-state index contributed by atoms with van der Waals surface area (Å²) in [5.74, 6) is 0.647. The summed E-state index contributed by atoms with van der Waals surface area (Å²) in [6, 6.07) is 12.1. The lowest BCUT2D eigenvalue weighted by Crippen LogP contribution is -2.40. The van der Waals surface area contributed by atoms with E-state index in [2.05, 4.69) is 10.0 Å². The van der Waals surface area contributed by atoms with E-state index >= 15 is 0 Å². The summed E-state index contributed by atoms with van der Waals surface area (Å²) >= 11 is 0. The molecule has 1 unspecified atom stereocenters. The molecule has 1 atom stereocenters. The van der Waals surface area contributed by atoms with Gasteiger partial charge in [-0.1, -0.05) is 12.1 Å². The fourth-order valence-electron chi connectivity index (χ4n) is 3.04. The Hall–Kier alpha value is -2.58. The minimum absolute atomic E-state index is 0.0662. The van der Waals surface area contributed by atoms with E-state index in [-0.39, 0.29) is 28.2 Å². The second-order valence-corrected chi connectivity index (χ2v) is 10.1. The maximum Gasteiger partial charge on any atom is 0.251 e. The molecule has 0 fully saturated rings. The molecular weight excluding hydrogens is 416 g/mol. The first kappa shape index (κ1) is 24.7. The van der Waals surface area contributed by atoms with Crippen LogP contribution in [0.5, 0.6) is 11.5 Å². The first-order valence-corrected chi connectivity index (χ1v) is 11.6. The monoisotopic (exact) mass is 448 g/mol. The van der Waals surface area contributed by atoms with Crippen molar-refractivity contribution in [3.05, 3.63) is 53.6 Å². The highest BCUT2D eigenvalue weighted by Crippen LogP contribution is 2.26. The molecule has 0 aliphatic carbocycles. The summed E-state index contributed by atoms with van der Waals surface area (Å²) in [5.41, 5.74) is 0.734. The summed E-state index contributed by atoms with van der Waals surface area (Å²) < 4.78 is 38.6. The van der Waals surface area contributed by atoms with Gasteiger partial charge in [-0.25, -0.2) is 13.1 Å². The van der Waals surface area contributed by atoms with E-state index in [4.69, 9.17) is 9.47 Å². The van der Waals surface area contributed by atoms with Crippen LogP contribution in [0.3, 0.4) is 0 Å². The van der Waals surface area contributed by atoms with Gasteiger partial charge in [0, 0.05) is 17.1 Å². The summed E-state index contributed by atoms with van der Waals surface area (Å²) in [4.78, 5) is 12.7. The normalized spacial score (nSPS) is 12.8. The quantitative estimate of drug-likeness (QED) is 0.612. The lowest BCUT2D eigenvalue weighted by Gasteiger charge is -2.21. The Labute approximate surface area is 185 Å². The Morgan fingerprint density at radius 1 is 1.03 bits per heavy atom. The van der Waals surface area contributed by atoms with Gasteiger partial charge < -0.3 is 14.8 Å². The number of carbonyl (C=O) groups is 1. The Balaban J connectivity index is 2.10. The van der Waals surface area contributed by atoms with E-state index in [0.717, 1.165) is 24.2 Å². The van der Waals surface area contributed by atoms with E-state index in [1.165, 1.54) is 19.2 Å². The molecule has 0 aliphatic heterocycles. The largest absolute Gasteiger partial charge is 0.497 e. The highest BCUT2D eigenvalue weighted by molar-refractivity contribution is 7.89. The van der Waals surface area contributed by atoms with Crippen molar-refractivity contribution in [2.75, 3.05) is 14.2 Å². The first-order chi connectivity index (χ1) is 14.4. The molecule has 7 nitrogen and oxygen atoms in total. The molecule has 2 N–H and O–H groups in total. The lowest BCUT2D eigenvalue weighted by atomic mass is 10.1. The molecule has 2 aromatic rings. The summed E-state index contributed by atoms with van der Waals surface area (Å²) in [6.07, 6.45) is 1.54. The fourth-order valence-corrected chi connectivity index (χ4v) is 4.66. The molecule has 1 amide bonds. The number of nitrogens with one attached hydrogen (secondary N) is 2. The van der Waals surface area contributed by atoms with Crippen molar-refractivity contribution in [2.45, 2.75) is 57.0 Å².